The highest BCUT2D eigenvalue weighted by Crippen LogP contribution is 2.36. The lowest BCUT2D eigenvalue weighted by atomic mass is 9.96. The standard InChI is InChI=1S/C29H29Cl2N5O5S/c30-20-11-17-13-36(28(39)23-12-16-3-1-2-4-22(16)42-23)10-8-19(17)26(31)25(20)27(38)34-21(29(40)41)5-6-24(33-15-32)35-9-7-18(37)14-35/h1-4,11-12,18,21,24,33,37H,5-10,13-14H2,(H,34,38)(H,40,41)/t18-,21-,24?/m0/s1. The molecule has 0 bridgehead atoms. The molecule has 2 aliphatic heterocycles. The molecule has 220 valence electrons. The zero-order valence-electron chi connectivity index (χ0n) is 22.5. The molecule has 3 aromatic rings. The number of aliphatic hydroxyl groups is 1. The summed E-state index contributed by atoms with van der Waals surface area (Å²) in [6, 6.07) is 10.1. The molecule has 0 radical (unpaired) electrons. The van der Waals surface area contributed by atoms with Crippen LogP contribution in [0, 0.1) is 11.5 Å². The Labute approximate surface area is 256 Å². The number of rotatable bonds is 9. The van der Waals surface area contributed by atoms with Crippen LogP contribution >= 0.6 is 34.5 Å². The van der Waals surface area contributed by atoms with Crippen LogP contribution < -0.4 is 10.6 Å². The van der Waals surface area contributed by atoms with E-state index in [4.69, 9.17) is 28.5 Å². The van der Waals surface area contributed by atoms with Crippen LogP contribution in [0.15, 0.2) is 36.4 Å². The third-order valence-electron chi connectivity index (χ3n) is 7.75. The summed E-state index contributed by atoms with van der Waals surface area (Å²) in [7, 11) is 0. The fourth-order valence-corrected chi connectivity index (χ4v) is 7.35. The average molecular weight is 631 g/mol. The van der Waals surface area contributed by atoms with Gasteiger partial charge in [-0.3, -0.25) is 14.5 Å². The third-order valence-corrected chi connectivity index (χ3v) is 9.57. The van der Waals surface area contributed by atoms with E-state index in [1.807, 2.05) is 41.4 Å². The first kappa shape index (κ1) is 30.1. The molecule has 0 aliphatic carbocycles. The molecule has 1 saturated heterocycles. The Hall–Kier alpha value is -3.40. The van der Waals surface area contributed by atoms with E-state index in [-0.39, 0.29) is 40.9 Å². The highest BCUT2D eigenvalue weighted by atomic mass is 35.5. The van der Waals surface area contributed by atoms with E-state index in [2.05, 4.69) is 10.6 Å². The smallest absolute Gasteiger partial charge is 0.326 e. The van der Waals surface area contributed by atoms with Gasteiger partial charge in [0.15, 0.2) is 6.19 Å². The third kappa shape index (κ3) is 6.33. The van der Waals surface area contributed by atoms with Crippen molar-refractivity contribution in [3.05, 3.63) is 68.0 Å². The normalized spacial score (nSPS) is 18.2. The predicted octanol–water partition coefficient (Wildman–Crippen LogP) is 3.83. The van der Waals surface area contributed by atoms with Crippen molar-refractivity contribution in [2.24, 2.45) is 0 Å². The predicted molar refractivity (Wildman–Crippen MR) is 160 cm³/mol. The number of thiophene rings is 1. The number of nitrogens with zero attached hydrogens (tertiary/aromatic N) is 3. The number of hydrogen-bond donors (Lipinski definition) is 4. The number of nitrogens with one attached hydrogen (secondary N) is 2. The van der Waals surface area contributed by atoms with Gasteiger partial charge in [-0.25, -0.2) is 4.79 Å². The fourth-order valence-electron chi connectivity index (χ4n) is 5.56. The number of likely N-dealkylation sites (tertiary alicyclic amines) is 1. The maximum absolute atomic E-state index is 13.3. The molecule has 0 saturated carbocycles. The number of carbonyl (C=O) groups excluding carboxylic acids is 2. The molecular formula is C29H29Cl2N5O5S. The highest BCUT2D eigenvalue weighted by molar-refractivity contribution is 7.20. The zero-order valence-corrected chi connectivity index (χ0v) is 24.8. The Morgan fingerprint density at radius 2 is 1.95 bits per heavy atom. The largest absolute Gasteiger partial charge is 0.480 e. The number of aliphatic carboxylic acids is 1. The Morgan fingerprint density at radius 1 is 1.17 bits per heavy atom. The minimum atomic E-state index is -1.26. The molecule has 1 aromatic heterocycles. The number of carbonyl (C=O) groups is 3. The van der Waals surface area contributed by atoms with Gasteiger partial charge in [-0.15, -0.1) is 11.3 Å². The minimum Gasteiger partial charge on any atom is -0.480 e. The molecule has 0 spiro atoms. The van der Waals surface area contributed by atoms with Gasteiger partial charge < -0.3 is 25.7 Å². The number of nitriles is 1. The number of hydrogen-bond acceptors (Lipinski definition) is 8. The Morgan fingerprint density at radius 3 is 2.64 bits per heavy atom. The van der Waals surface area contributed by atoms with Crippen LogP contribution in [0.1, 0.15) is 50.4 Å². The molecule has 2 amide bonds. The summed E-state index contributed by atoms with van der Waals surface area (Å²) in [6.45, 7) is 1.62. The number of β-amino-alcohol motifs (C(OH)–C–C–N with tert-alkyl or cyclic N) is 1. The summed E-state index contributed by atoms with van der Waals surface area (Å²) < 4.78 is 1.03. The summed E-state index contributed by atoms with van der Waals surface area (Å²) in [5.74, 6) is -2.04. The number of fused-ring (bicyclic) bond motifs is 2. The summed E-state index contributed by atoms with van der Waals surface area (Å²) in [5.41, 5.74) is 1.42. The lowest BCUT2D eigenvalue weighted by molar-refractivity contribution is -0.139. The van der Waals surface area contributed by atoms with E-state index < -0.39 is 30.2 Å². The Balaban J connectivity index is 1.28. The molecule has 3 atom stereocenters. The van der Waals surface area contributed by atoms with Crippen LogP contribution in [0.2, 0.25) is 10.0 Å². The monoisotopic (exact) mass is 629 g/mol. The van der Waals surface area contributed by atoms with E-state index in [1.165, 1.54) is 11.3 Å². The topological polar surface area (TPSA) is 146 Å². The number of halogens is 2. The fraction of sp³-hybridized carbons (Fsp3) is 0.379. The molecule has 1 fully saturated rings. The minimum absolute atomic E-state index is 0.0121. The number of carboxylic acids is 1. The van der Waals surface area contributed by atoms with Crippen molar-refractivity contribution in [2.75, 3.05) is 19.6 Å². The summed E-state index contributed by atoms with van der Waals surface area (Å²) in [4.78, 5) is 42.8. The maximum Gasteiger partial charge on any atom is 0.326 e. The van der Waals surface area contributed by atoms with E-state index in [0.29, 0.717) is 42.9 Å². The number of amides is 2. The summed E-state index contributed by atoms with van der Waals surface area (Å²) in [6.07, 6.45) is 2.15. The van der Waals surface area contributed by atoms with Gasteiger partial charge >= 0.3 is 5.97 Å². The van der Waals surface area contributed by atoms with E-state index in [1.54, 1.807) is 11.0 Å². The van der Waals surface area contributed by atoms with Crippen LogP contribution in [-0.4, -0.2) is 75.7 Å². The second-order valence-electron chi connectivity index (χ2n) is 10.5. The van der Waals surface area contributed by atoms with Gasteiger partial charge in [0, 0.05) is 30.9 Å². The SMILES string of the molecule is N#CNC(CC[C@H](NC(=O)c1c(Cl)cc2c(c1Cl)CCN(C(=O)c1cc3ccccc3s1)C2)C(=O)O)N1CC[C@H](O)C1. The second kappa shape index (κ2) is 12.9. The molecule has 1 unspecified atom stereocenters. The first-order chi connectivity index (χ1) is 20.2. The van der Waals surface area contributed by atoms with Gasteiger partial charge in [0.2, 0.25) is 0 Å². The Bertz CT molecular complexity index is 1540. The highest BCUT2D eigenvalue weighted by Gasteiger charge is 2.32. The molecule has 42 heavy (non-hydrogen) atoms. The average Bonchev–Trinajstić information content (AvgIpc) is 3.60. The summed E-state index contributed by atoms with van der Waals surface area (Å²) >= 11 is 14.6. The molecule has 3 heterocycles. The first-order valence-corrected chi connectivity index (χ1v) is 15.1. The van der Waals surface area contributed by atoms with Gasteiger partial charge in [0.25, 0.3) is 11.8 Å². The second-order valence-corrected chi connectivity index (χ2v) is 12.3. The molecule has 2 aromatic carbocycles. The van der Waals surface area contributed by atoms with E-state index in [0.717, 1.165) is 15.6 Å². The Kier molecular flexibility index (Phi) is 9.20. The quantitative estimate of drug-likeness (QED) is 0.206. The van der Waals surface area contributed by atoms with Crippen LogP contribution in [-0.2, 0) is 17.8 Å². The molecule has 13 heteroatoms. The van der Waals surface area contributed by atoms with E-state index >= 15 is 0 Å². The number of aliphatic hydroxyl groups excluding tert-OH is 1. The molecule has 4 N–H and O–H groups in total. The number of benzene rings is 2. The van der Waals surface area contributed by atoms with Crippen molar-refractivity contribution in [2.45, 2.75) is 50.5 Å². The van der Waals surface area contributed by atoms with Crippen LogP contribution in [0.5, 0.6) is 0 Å². The number of carboxylic acid groups (broad SMARTS) is 1. The van der Waals surface area contributed by atoms with Crippen molar-refractivity contribution in [1.82, 2.24) is 20.4 Å². The van der Waals surface area contributed by atoms with Crippen LogP contribution in [0.3, 0.4) is 0 Å². The van der Waals surface area contributed by atoms with Crippen molar-refractivity contribution in [1.29, 1.82) is 5.26 Å². The van der Waals surface area contributed by atoms with E-state index in [9.17, 15) is 24.6 Å². The van der Waals surface area contributed by atoms with Crippen molar-refractivity contribution >= 4 is 62.4 Å². The van der Waals surface area contributed by atoms with Crippen LogP contribution in [0.4, 0.5) is 0 Å². The molecule has 5 rings (SSSR count). The maximum atomic E-state index is 13.3. The van der Waals surface area contributed by atoms with Crippen LogP contribution in [0.25, 0.3) is 10.1 Å². The lowest BCUT2D eigenvalue weighted by Crippen LogP contribution is -2.46. The van der Waals surface area contributed by atoms with Gasteiger partial charge in [-0.2, -0.15) is 5.26 Å². The molecule has 10 nitrogen and oxygen atoms in total. The zero-order chi connectivity index (χ0) is 30.0. The van der Waals surface area contributed by atoms with Gasteiger partial charge in [-0.1, -0.05) is 41.4 Å². The van der Waals surface area contributed by atoms with Gasteiger partial charge in [0.1, 0.15) is 6.04 Å². The van der Waals surface area contributed by atoms with Gasteiger partial charge in [0.05, 0.1) is 32.8 Å². The lowest BCUT2D eigenvalue weighted by Gasteiger charge is -2.30. The van der Waals surface area contributed by atoms with Crippen molar-refractivity contribution < 1.29 is 24.6 Å². The first-order valence-electron chi connectivity index (χ1n) is 13.5. The van der Waals surface area contributed by atoms with Crippen molar-refractivity contribution in [3.8, 4) is 6.19 Å². The van der Waals surface area contributed by atoms with Crippen molar-refractivity contribution in [3.63, 3.8) is 0 Å². The summed E-state index contributed by atoms with van der Waals surface area (Å²) in [5, 5.41) is 35.2. The molecule has 2 aliphatic rings. The molecular weight excluding hydrogens is 601 g/mol. The van der Waals surface area contributed by atoms with Gasteiger partial charge in [-0.05, 0) is 60.4 Å².